The quantitative estimate of drug-likeness (QED) is 0.141. The topological polar surface area (TPSA) is 3.24 Å². The summed E-state index contributed by atoms with van der Waals surface area (Å²) in [6.45, 7) is 0. The van der Waals surface area contributed by atoms with E-state index in [1.807, 2.05) is 0 Å². The van der Waals surface area contributed by atoms with Crippen molar-refractivity contribution in [3.8, 4) is 55.6 Å². The van der Waals surface area contributed by atoms with Crippen molar-refractivity contribution < 1.29 is 0 Å². The molecule has 0 saturated heterocycles. The first-order valence-electron chi connectivity index (χ1n) is 19.6. The standard InChI is InChI=1S/C56H39N/c1-3-19-40(20-4-1)45-24-9-11-28-49(45)52-31-13-14-32-53(52)50-29-12-10-25-46(50)42-35-37-44(38-36-42)57(55-34-18-17-27-48(55)41-21-5-2-6-22-41)56-39-43-23-7-8-26-47(43)51-30-15-16-33-54(51)56/h1-39H. The number of fused-ring (bicyclic) bond motifs is 3. The number of para-hydroxylation sites is 1. The van der Waals surface area contributed by atoms with Gasteiger partial charge in [-0.25, -0.2) is 0 Å². The van der Waals surface area contributed by atoms with E-state index in [9.17, 15) is 0 Å². The first kappa shape index (κ1) is 34.0. The fourth-order valence-electron chi connectivity index (χ4n) is 8.46. The zero-order valence-corrected chi connectivity index (χ0v) is 31.5. The van der Waals surface area contributed by atoms with Gasteiger partial charge in [-0.1, -0.05) is 212 Å². The molecule has 0 aliphatic rings. The summed E-state index contributed by atoms with van der Waals surface area (Å²) in [5, 5.41) is 4.92. The molecule has 0 bridgehead atoms. The molecule has 0 aliphatic heterocycles. The van der Waals surface area contributed by atoms with Crippen molar-refractivity contribution in [2.45, 2.75) is 0 Å². The Morgan fingerprint density at radius 3 is 1.19 bits per heavy atom. The van der Waals surface area contributed by atoms with E-state index >= 15 is 0 Å². The summed E-state index contributed by atoms with van der Waals surface area (Å²) in [6.07, 6.45) is 0. The van der Waals surface area contributed by atoms with E-state index in [2.05, 4.69) is 241 Å². The van der Waals surface area contributed by atoms with Crippen molar-refractivity contribution in [3.63, 3.8) is 0 Å². The van der Waals surface area contributed by atoms with E-state index in [1.54, 1.807) is 0 Å². The largest absolute Gasteiger partial charge is 0.309 e. The smallest absolute Gasteiger partial charge is 0.0546 e. The van der Waals surface area contributed by atoms with Gasteiger partial charge in [-0.15, -0.1) is 0 Å². The molecule has 0 spiro atoms. The van der Waals surface area contributed by atoms with E-state index in [0.29, 0.717) is 0 Å². The van der Waals surface area contributed by atoms with E-state index in [-0.39, 0.29) is 0 Å². The van der Waals surface area contributed by atoms with Gasteiger partial charge in [0.25, 0.3) is 0 Å². The van der Waals surface area contributed by atoms with Crippen molar-refractivity contribution in [3.05, 3.63) is 237 Å². The van der Waals surface area contributed by atoms with Gasteiger partial charge in [0.15, 0.2) is 0 Å². The van der Waals surface area contributed by atoms with Gasteiger partial charge in [0.05, 0.1) is 11.4 Å². The number of hydrogen-bond donors (Lipinski definition) is 0. The average molecular weight is 726 g/mol. The van der Waals surface area contributed by atoms with E-state index in [1.165, 1.54) is 77.2 Å². The Morgan fingerprint density at radius 1 is 0.228 bits per heavy atom. The van der Waals surface area contributed by atoms with Gasteiger partial charge in [0, 0.05) is 16.6 Å². The Morgan fingerprint density at radius 2 is 0.614 bits per heavy atom. The molecule has 1 heteroatoms. The van der Waals surface area contributed by atoms with Gasteiger partial charge in [-0.3, -0.25) is 0 Å². The van der Waals surface area contributed by atoms with Crippen LogP contribution < -0.4 is 4.90 Å². The van der Waals surface area contributed by atoms with Crippen LogP contribution in [-0.2, 0) is 0 Å². The molecule has 0 atom stereocenters. The van der Waals surface area contributed by atoms with Crippen molar-refractivity contribution in [1.29, 1.82) is 0 Å². The Bertz CT molecular complexity index is 3000. The normalized spacial score (nSPS) is 11.2. The third-order valence-corrected chi connectivity index (χ3v) is 11.1. The van der Waals surface area contributed by atoms with Gasteiger partial charge < -0.3 is 4.90 Å². The number of hydrogen-bond acceptors (Lipinski definition) is 1. The van der Waals surface area contributed by atoms with Crippen molar-refractivity contribution in [1.82, 2.24) is 0 Å². The van der Waals surface area contributed by atoms with Crippen LogP contribution >= 0.6 is 0 Å². The third-order valence-electron chi connectivity index (χ3n) is 11.1. The summed E-state index contributed by atoms with van der Waals surface area (Å²) >= 11 is 0. The van der Waals surface area contributed by atoms with Gasteiger partial charge in [-0.05, 0) is 90.5 Å². The molecule has 0 aliphatic carbocycles. The van der Waals surface area contributed by atoms with Crippen LogP contribution in [0.5, 0.6) is 0 Å². The van der Waals surface area contributed by atoms with Crippen LogP contribution in [0.25, 0.3) is 77.2 Å². The van der Waals surface area contributed by atoms with E-state index in [0.717, 1.165) is 17.1 Å². The monoisotopic (exact) mass is 725 g/mol. The number of benzene rings is 10. The minimum atomic E-state index is 1.09. The Kier molecular flexibility index (Phi) is 8.95. The highest BCUT2D eigenvalue weighted by atomic mass is 15.1. The molecule has 0 saturated carbocycles. The Hall–Kier alpha value is -7.48. The molecule has 0 N–H and O–H groups in total. The third kappa shape index (κ3) is 6.36. The molecule has 0 aromatic heterocycles. The second-order valence-corrected chi connectivity index (χ2v) is 14.4. The number of nitrogens with zero attached hydrogens (tertiary/aromatic N) is 1. The highest BCUT2D eigenvalue weighted by Gasteiger charge is 2.21. The molecule has 268 valence electrons. The maximum Gasteiger partial charge on any atom is 0.0546 e. The molecular weight excluding hydrogens is 687 g/mol. The van der Waals surface area contributed by atoms with Crippen LogP contribution in [0.2, 0.25) is 0 Å². The highest BCUT2D eigenvalue weighted by molar-refractivity contribution is 6.15. The molecule has 10 rings (SSSR count). The molecule has 1 nitrogen and oxygen atoms in total. The zero-order chi connectivity index (χ0) is 38.0. The lowest BCUT2D eigenvalue weighted by Gasteiger charge is -2.30. The minimum absolute atomic E-state index is 1.09. The van der Waals surface area contributed by atoms with Gasteiger partial charge in [-0.2, -0.15) is 0 Å². The summed E-state index contributed by atoms with van der Waals surface area (Å²) in [5.74, 6) is 0. The number of anilines is 3. The first-order chi connectivity index (χ1) is 28.3. The van der Waals surface area contributed by atoms with Gasteiger partial charge in [0.1, 0.15) is 0 Å². The summed E-state index contributed by atoms with van der Waals surface area (Å²) in [6, 6.07) is 85.6. The van der Waals surface area contributed by atoms with Crippen molar-refractivity contribution in [2.24, 2.45) is 0 Å². The van der Waals surface area contributed by atoms with Gasteiger partial charge >= 0.3 is 0 Å². The molecule has 57 heavy (non-hydrogen) atoms. The molecule has 0 fully saturated rings. The summed E-state index contributed by atoms with van der Waals surface area (Å²) in [5.41, 5.74) is 15.4. The Balaban J connectivity index is 1.13. The summed E-state index contributed by atoms with van der Waals surface area (Å²) in [4.78, 5) is 2.45. The van der Waals surface area contributed by atoms with Crippen LogP contribution in [0, 0.1) is 0 Å². The summed E-state index contributed by atoms with van der Waals surface area (Å²) < 4.78 is 0. The fourth-order valence-corrected chi connectivity index (χ4v) is 8.46. The lowest BCUT2D eigenvalue weighted by Crippen LogP contribution is -2.12. The predicted molar refractivity (Wildman–Crippen MR) is 243 cm³/mol. The van der Waals surface area contributed by atoms with Crippen LogP contribution in [0.1, 0.15) is 0 Å². The van der Waals surface area contributed by atoms with Crippen LogP contribution in [0.3, 0.4) is 0 Å². The van der Waals surface area contributed by atoms with Crippen LogP contribution in [0.4, 0.5) is 17.1 Å². The minimum Gasteiger partial charge on any atom is -0.309 e. The second-order valence-electron chi connectivity index (χ2n) is 14.4. The molecule has 0 heterocycles. The fraction of sp³-hybridized carbons (Fsp3) is 0. The average Bonchev–Trinajstić information content (AvgIpc) is 3.30. The molecule has 0 radical (unpaired) electrons. The second kappa shape index (κ2) is 15.0. The van der Waals surface area contributed by atoms with E-state index in [4.69, 9.17) is 0 Å². The lowest BCUT2D eigenvalue weighted by atomic mass is 9.87. The van der Waals surface area contributed by atoms with Crippen molar-refractivity contribution in [2.75, 3.05) is 4.90 Å². The first-order valence-corrected chi connectivity index (χ1v) is 19.6. The molecule has 10 aromatic carbocycles. The maximum absolute atomic E-state index is 2.45. The van der Waals surface area contributed by atoms with Crippen molar-refractivity contribution >= 4 is 38.6 Å². The Labute approximate surface area is 334 Å². The van der Waals surface area contributed by atoms with E-state index < -0.39 is 0 Å². The lowest BCUT2D eigenvalue weighted by molar-refractivity contribution is 1.30. The van der Waals surface area contributed by atoms with Crippen LogP contribution in [0.15, 0.2) is 237 Å². The molecule has 10 aromatic rings. The molecule has 0 unspecified atom stereocenters. The number of rotatable bonds is 8. The zero-order valence-electron chi connectivity index (χ0n) is 31.5. The van der Waals surface area contributed by atoms with Crippen LogP contribution in [-0.4, -0.2) is 0 Å². The molecular formula is C56H39N. The highest BCUT2D eigenvalue weighted by Crippen LogP contribution is 2.46. The molecule has 0 amide bonds. The predicted octanol–water partition coefficient (Wildman–Crippen LogP) is 15.8. The van der Waals surface area contributed by atoms with Gasteiger partial charge in [0.2, 0.25) is 0 Å². The summed E-state index contributed by atoms with van der Waals surface area (Å²) in [7, 11) is 0. The maximum atomic E-state index is 2.45. The SMILES string of the molecule is c1ccc(-c2ccccc2-c2ccccc2-c2ccccc2-c2ccc(N(c3ccccc3-c3ccccc3)c3cc4ccccc4c4ccccc34)cc2)cc1.